The van der Waals surface area contributed by atoms with Gasteiger partial charge in [-0.25, -0.2) is 4.79 Å². The number of rotatable bonds is 7. The van der Waals surface area contributed by atoms with Crippen LogP contribution in [0.1, 0.15) is 56.1 Å². The highest BCUT2D eigenvalue weighted by Gasteiger charge is 2.51. The molecule has 1 aromatic rings. The number of hydrogen-bond acceptors (Lipinski definition) is 2. The number of benzene rings is 1. The Balaban J connectivity index is 1.14. The van der Waals surface area contributed by atoms with Crippen LogP contribution < -0.4 is 16.0 Å². The molecule has 4 fully saturated rings. The van der Waals surface area contributed by atoms with Gasteiger partial charge in [0.25, 0.3) is 0 Å². The lowest BCUT2D eigenvalue weighted by molar-refractivity contribution is -0.120. The van der Waals surface area contributed by atoms with Crippen LogP contribution in [0.3, 0.4) is 0 Å². The zero-order chi connectivity index (χ0) is 19.6. The van der Waals surface area contributed by atoms with E-state index in [9.17, 15) is 9.59 Å². The molecule has 5 rings (SSSR count). The first-order valence-electron chi connectivity index (χ1n) is 10.9. The lowest BCUT2D eigenvalue weighted by atomic mass is 9.53. The second-order valence-electron chi connectivity index (χ2n) is 9.36. The molecule has 152 valence electrons. The number of nitrogens with one attached hydrogen (secondary N) is 3. The zero-order valence-electron chi connectivity index (χ0n) is 16.9. The van der Waals surface area contributed by atoms with Gasteiger partial charge in [-0.15, -0.1) is 0 Å². The molecule has 4 bridgehead atoms. The molecule has 4 aliphatic carbocycles. The third-order valence-corrected chi connectivity index (χ3v) is 7.03. The normalized spacial score (nSPS) is 30.1. The Morgan fingerprint density at radius 2 is 1.61 bits per heavy atom. The predicted molar refractivity (Wildman–Crippen MR) is 110 cm³/mol. The molecule has 4 aliphatic rings. The largest absolute Gasteiger partial charge is 0.356 e. The van der Waals surface area contributed by atoms with Crippen LogP contribution in [-0.2, 0) is 11.2 Å². The van der Waals surface area contributed by atoms with Crippen molar-refractivity contribution < 1.29 is 9.59 Å². The van der Waals surface area contributed by atoms with Crippen LogP contribution in [0.5, 0.6) is 0 Å². The second-order valence-corrected chi connectivity index (χ2v) is 9.36. The Kier molecular flexibility index (Phi) is 5.61. The van der Waals surface area contributed by atoms with E-state index in [-0.39, 0.29) is 17.5 Å². The molecule has 28 heavy (non-hydrogen) atoms. The summed E-state index contributed by atoms with van der Waals surface area (Å²) in [6.07, 6.45) is 8.69. The van der Waals surface area contributed by atoms with Crippen LogP contribution in [0.4, 0.5) is 4.79 Å². The summed E-state index contributed by atoms with van der Waals surface area (Å²) in [5.41, 5.74) is 2.53. The highest BCUT2D eigenvalue weighted by atomic mass is 16.2. The van der Waals surface area contributed by atoms with E-state index in [1.54, 1.807) is 0 Å². The van der Waals surface area contributed by atoms with Crippen LogP contribution >= 0.6 is 0 Å². The first-order valence-corrected chi connectivity index (χ1v) is 10.9. The van der Waals surface area contributed by atoms with E-state index in [4.69, 9.17) is 0 Å². The molecule has 0 aliphatic heterocycles. The summed E-state index contributed by atoms with van der Waals surface area (Å²) in [5, 5.41) is 9.13. The van der Waals surface area contributed by atoms with Crippen LogP contribution in [0.2, 0.25) is 0 Å². The zero-order valence-corrected chi connectivity index (χ0v) is 16.9. The quantitative estimate of drug-likeness (QED) is 0.676. The van der Waals surface area contributed by atoms with E-state index < -0.39 is 0 Å². The molecule has 5 heteroatoms. The number of amides is 3. The highest BCUT2D eigenvalue weighted by Crippen LogP contribution is 2.55. The van der Waals surface area contributed by atoms with E-state index in [1.165, 1.54) is 30.4 Å². The summed E-state index contributed by atoms with van der Waals surface area (Å²) in [5.74, 6) is 2.42. The number of urea groups is 1. The Labute approximate surface area is 168 Å². The monoisotopic (exact) mass is 383 g/mol. The Morgan fingerprint density at radius 1 is 0.964 bits per heavy atom. The fourth-order valence-corrected chi connectivity index (χ4v) is 6.15. The molecular weight excluding hydrogens is 350 g/mol. The smallest absolute Gasteiger partial charge is 0.315 e. The van der Waals surface area contributed by atoms with Gasteiger partial charge in [0.1, 0.15) is 0 Å². The first-order chi connectivity index (χ1) is 13.5. The minimum atomic E-state index is -0.102. The van der Waals surface area contributed by atoms with Crippen molar-refractivity contribution in [1.29, 1.82) is 0 Å². The number of aryl methyl sites for hydroxylation is 1. The Morgan fingerprint density at radius 3 is 2.25 bits per heavy atom. The van der Waals surface area contributed by atoms with Crippen LogP contribution in [-0.4, -0.2) is 30.6 Å². The van der Waals surface area contributed by atoms with Gasteiger partial charge in [0.2, 0.25) is 5.91 Å². The Bertz CT molecular complexity index is 695. The van der Waals surface area contributed by atoms with Crippen LogP contribution in [0.25, 0.3) is 0 Å². The van der Waals surface area contributed by atoms with Crippen molar-refractivity contribution in [3.05, 3.63) is 35.4 Å². The van der Waals surface area contributed by atoms with Gasteiger partial charge < -0.3 is 16.0 Å². The van der Waals surface area contributed by atoms with Gasteiger partial charge in [-0.1, -0.05) is 24.3 Å². The average molecular weight is 384 g/mol. The molecule has 3 N–H and O–H groups in total. The maximum Gasteiger partial charge on any atom is 0.315 e. The van der Waals surface area contributed by atoms with E-state index in [0.717, 1.165) is 43.4 Å². The summed E-state index contributed by atoms with van der Waals surface area (Å²) in [6, 6.07) is 8.13. The third kappa shape index (κ3) is 4.50. The molecule has 1 aromatic carbocycles. The summed E-state index contributed by atoms with van der Waals surface area (Å²) < 4.78 is 0. The van der Waals surface area contributed by atoms with Crippen molar-refractivity contribution >= 4 is 11.9 Å². The van der Waals surface area contributed by atoms with Gasteiger partial charge in [-0.2, -0.15) is 0 Å². The number of carbonyl (C=O) groups is 2. The molecule has 0 atom stereocenters. The molecule has 5 nitrogen and oxygen atoms in total. The third-order valence-electron chi connectivity index (χ3n) is 7.03. The van der Waals surface area contributed by atoms with Crippen molar-refractivity contribution in [2.45, 2.75) is 63.8 Å². The van der Waals surface area contributed by atoms with Crippen molar-refractivity contribution in [1.82, 2.24) is 16.0 Å². The summed E-state index contributed by atoms with van der Waals surface area (Å²) in [7, 11) is 0. The van der Waals surface area contributed by atoms with Gasteiger partial charge >= 0.3 is 6.03 Å². The van der Waals surface area contributed by atoms with Gasteiger partial charge in [-0.05, 0) is 80.8 Å². The predicted octanol–water partition coefficient (Wildman–Crippen LogP) is 3.31. The average Bonchev–Trinajstić information content (AvgIpc) is 2.61. The minimum Gasteiger partial charge on any atom is -0.356 e. The Hall–Kier alpha value is -2.04. The SMILES string of the molecule is Cc1ccccc1CCNC(=O)CCNC(=O)NC12CC3CC(CC(C3)C1)C2. The van der Waals surface area contributed by atoms with Crippen molar-refractivity contribution in [2.24, 2.45) is 17.8 Å². The molecular formula is C23H33N3O2. The fraction of sp³-hybridized carbons (Fsp3) is 0.652. The van der Waals surface area contributed by atoms with E-state index in [2.05, 4.69) is 35.0 Å². The van der Waals surface area contributed by atoms with Gasteiger partial charge in [0.05, 0.1) is 0 Å². The molecule has 0 heterocycles. The summed E-state index contributed by atoms with van der Waals surface area (Å²) in [4.78, 5) is 24.4. The molecule has 0 saturated heterocycles. The van der Waals surface area contributed by atoms with Crippen molar-refractivity contribution in [2.75, 3.05) is 13.1 Å². The number of hydrogen-bond donors (Lipinski definition) is 3. The van der Waals surface area contributed by atoms with Crippen molar-refractivity contribution in [3.8, 4) is 0 Å². The van der Waals surface area contributed by atoms with E-state index in [1.807, 2.05) is 12.1 Å². The standard InChI is InChI=1S/C23H33N3O2/c1-16-4-2-3-5-20(16)6-8-24-21(27)7-9-25-22(28)26-23-13-17-10-18(14-23)12-19(11-17)15-23/h2-5,17-19H,6-15H2,1H3,(H,24,27)(H2,25,26,28). The maximum absolute atomic E-state index is 12.4. The second kappa shape index (κ2) is 8.14. The van der Waals surface area contributed by atoms with E-state index >= 15 is 0 Å². The first kappa shape index (κ1) is 19.3. The molecule has 4 saturated carbocycles. The van der Waals surface area contributed by atoms with Gasteiger partial charge in [-0.3, -0.25) is 4.79 Å². The molecule has 0 radical (unpaired) electrons. The van der Waals surface area contributed by atoms with Gasteiger partial charge in [0, 0.05) is 25.0 Å². The maximum atomic E-state index is 12.4. The molecule has 3 amide bonds. The van der Waals surface area contributed by atoms with Crippen LogP contribution in [0.15, 0.2) is 24.3 Å². The van der Waals surface area contributed by atoms with E-state index in [0.29, 0.717) is 19.5 Å². The number of carbonyl (C=O) groups excluding carboxylic acids is 2. The summed E-state index contributed by atoms with van der Waals surface area (Å²) in [6.45, 7) is 3.10. The fourth-order valence-electron chi connectivity index (χ4n) is 6.15. The summed E-state index contributed by atoms with van der Waals surface area (Å²) >= 11 is 0. The van der Waals surface area contributed by atoms with Crippen molar-refractivity contribution in [3.63, 3.8) is 0 Å². The lowest BCUT2D eigenvalue weighted by Crippen LogP contribution is -2.61. The highest BCUT2D eigenvalue weighted by molar-refractivity contribution is 5.78. The molecule has 0 spiro atoms. The lowest BCUT2D eigenvalue weighted by Gasteiger charge is -2.56. The topological polar surface area (TPSA) is 70.2 Å². The van der Waals surface area contributed by atoms with Crippen LogP contribution in [0, 0.1) is 24.7 Å². The molecule has 0 unspecified atom stereocenters. The molecule has 0 aromatic heterocycles. The van der Waals surface area contributed by atoms with Gasteiger partial charge in [0.15, 0.2) is 0 Å². The minimum absolute atomic E-state index is 0.0105.